The minimum absolute atomic E-state index is 0.0495. The van der Waals surface area contributed by atoms with Crippen LogP contribution in [0.5, 0.6) is 0 Å². The maximum absolute atomic E-state index is 11.0. The smallest absolute Gasteiger partial charge is 0.217 e. The van der Waals surface area contributed by atoms with E-state index in [0.717, 1.165) is 48.2 Å². The number of hydrogen-bond donors (Lipinski definition) is 1. The Balaban J connectivity index is 1.71. The third-order valence-corrected chi connectivity index (χ3v) is 4.77. The van der Waals surface area contributed by atoms with Gasteiger partial charge in [0.1, 0.15) is 5.82 Å². The van der Waals surface area contributed by atoms with Crippen LogP contribution in [0.1, 0.15) is 48.0 Å². The molecule has 7 heteroatoms. The molecule has 23 heavy (non-hydrogen) atoms. The molecule has 6 nitrogen and oxygen atoms in total. The molecule has 1 N–H and O–H groups in total. The van der Waals surface area contributed by atoms with Crippen molar-refractivity contribution in [1.82, 2.24) is 25.2 Å². The fourth-order valence-electron chi connectivity index (χ4n) is 2.88. The summed E-state index contributed by atoms with van der Waals surface area (Å²) in [5.41, 5.74) is 1.97. The van der Waals surface area contributed by atoms with E-state index in [1.54, 1.807) is 17.5 Å². The van der Waals surface area contributed by atoms with Gasteiger partial charge in [0.05, 0.1) is 29.0 Å². The van der Waals surface area contributed by atoms with E-state index in [1.807, 2.05) is 13.0 Å². The molecule has 0 aliphatic carbocycles. The largest absolute Gasteiger partial charge is 0.351 e. The van der Waals surface area contributed by atoms with E-state index in [9.17, 15) is 4.79 Å². The molecule has 2 aromatic heterocycles. The summed E-state index contributed by atoms with van der Waals surface area (Å²) in [5.74, 6) is 0.795. The normalized spacial score (nSPS) is 18.3. The number of nitrogens with one attached hydrogen (secondary N) is 1. The van der Waals surface area contributed by atoms with Gasteiger partial charge in [-0.2, -0.15) is 0 Å². The van der Waals surface area contributed by atoms with Crippen molar-refractivity contribution in [1.29, 1.82) is 0 Å². The summed E-state index contributed by atoms with van der Waals surface area (Å²) < 4.78 is 0. The van der Waals surface area contributed by atoms with Crippen LogP contribution in [-0.2, 0) is 17.9 Å². The molecule has 0 radical (unpaired) electrons. The highest BCUT2D eigenvalue weighted by Crippen LogP contribution is 2.31. The Morgan fingerprint density at radius 3 is 3.04 bits per heavy atom. The molecule has 0 bridgehead atoms. The second kappa shape index (κ2) is 7.14. The summed E-state index contributed by atoms with van der Waals surface area (Å²) in [6.45, 7) is 5.87. The fraction of sp³-hybridized carbons (Fsp3) is 0.500. The predicted octanol–water partition coefficient (Wildman–Crippen LogP) is 2.21. The van der Waals surface area contributed by atoms with Gasteiger partial charge in [-0.1, -0.05) is 0 Å². The van der Waals surface area contributed by atoms with Crippen molar-refractivity contribution in [2.75, 3.05) is 6.54 Å². The summed E-state index contributed by atoms with van der Waals surface area (Å²) in [5, 5.41) is 6.01. The Labute approximate surface area is 140 Å². The lowest BCUT2D eigenvalue weighted by atomic mass is 10.2. The van der Waals surface area contributed by atoms with Gasteiger partial charge in [0.25, 0.3) is 0 Å². The van der Waals surface area contributed by atoms with E-state index >= 15 is 0 Å². The quantitative estimate of drug-likeness (QED) is 0.909. The zero-order valence-electron chi connectivity index (χ0n) is 13.5. The van der Waals surface area contributed by atoms with E-state index in [-0.39, 0.29) is 11.9 Å². The lowest BCUT2D eigenvalue weighted by Crippen LogP contribution is -2.25. The van der Waals surface area contributed by atoms with Crippen LogP contribution in [0.4, 0.5) is 0 Å². The minimum atomic E-state index is -0.0495. The molecule has 0 saturated carbocycles. The van der Waals surface area contributed by atoms with Crippen molar-refractivity contribution in [2.24, 2.45) is 0 Å². The molecular formula is C16H21N5OS. The molecule has 2 aromatic rings. The van der Waals surface area contributed by atoms with Gasteiger partial charge in [0.2, 0.25) is 5.91 Å². The van der Waals surface area contributed by atoms with Crippen molar-refractivity contribution in [3.05, 3.63) is 39.9 Å². The van der Waals surface area contributed by atoms with E-state index in [4.69, 9.17) is 0 Å². The van der Waals surface area contributed by atoms with E-state index < -0.39 is 0 Å². The third kappa shape index (κ3) is 4.11. The second-order valence-corrected chi connectivity index (χ2v) is 6.86. The lowest BCUT2D eigenvalue weighted by molar-refractivity contribution is -0.119. The van der Waals surface area contributed by atoms with Crippen LogP contribution in [-0.4, -0.2) is 32.3 Å². The van der Waals surface area contributed by atoms with E-state index in [2.05, 4.69) is 30.5 Å². The van der Waals surface area contributed by atoms with Crippen molar-refractivity contribution >= 4 is 17.2 Å². The number of rotatable bonds is 5. The summed E-state index contributed by atoms with van der Waals surface area (Å²) in [6, 6.07) is 2.08. The first kappa shape index (κ1) is 16.0. The average molecular weight is 331 g/mol. The molecule has 0 spiro atoms. The maximum Gasteiger partial charge on any atom is 0.217 e. The summed E-state index contributed by atoms with van der Waals surface area (Å²) in [6.07, 6.45) is 3.99. The Kier molecular flexibility index (Phi) is 4.97. The summed E-state index contributed by atoms with van der Waals surface area (Å²) in [7, 11) is 0. The van der Waals surface area contributed by atoms with Crippen LogP contribution in [0.25, 0.3) is 0 Å². The first-order valence-electron chi connectivity index (χ1n) is 7.83. The van der Waals surface area contributed by atoms with Gasteiger partial charge < -0.3 is 5.32 Å². The number of hydrogen-bond acceptors (Lipinski definition) is 6. The lowest BCUT2D eigenvalue weighted by Gasteiger charge is -2.22. The van der Waals surface area contributed by atoms with Crippen LogP contribution in [0, 0.1) is 6.92 Å². The number of carbonyl (C=O) groups is 1. The number of carbonyl (C=O) groups excluding carboxylic acids is 1. The van der Waals surface area contributed by atoms with E-state index in [0.29, 0.717) is 6.54 Å². The first-order chi connectivity index (χ1) is 11.1. The third-order valence-electron chi connectivity index (χ3n) is 3.94. The van der Waals surface area contributed by atoms with Gasteiger partial charge in [-0.25, -0.2) is 15.0 Å². The molecule has 1 aliphatic rings. The topological polar surface area (TPSA) is 71.0 Å². The Morgan fingerprint density at radius 1 is 1.43 bits per heavy atom. The highest BCUT2D eigenvalue weighted by Gasteiger charge is 2.28. The maximum atomic E-state index is 11.0. The van der Waals surface area contributed by atoms with E-state index in [1.165, 1.54) is 6.92 Å². The van der Waals surface area contributed by atoms with Crippen molar-refractivity contribution in [2.45, 2.75) is 45.8 Å². The zero-order chi connectivity index (χ0) is 16.2. The van der Waals surface area contributed by atoms with Gasteiger partial charge in [0.15, 0.2) is 0 Å². The second-order valence-electron chi connectivity index (χ2n) is 5.80. The molecule has 3 heterocycles. The van der Waals surface area contributed by atoms with Crippen molar-refractivity contribution in [3.8, 4) is 0 Å². The van der Waals surface area contributed by atoms with Crippen LogP contribution in [0.15, 0.2) is 17.6 Å². The van der Waals surface area contributed by atoms with Crippen LogP contribution in [0.3, 0.4) is 0 Å². The summed E-state index contributed by atoms with van der Waals surface area (Å²) in [4.78, 5) is 27.1. The number of amides is 1. The van der Waals surface area contributed by atoms with Crippen LogP contribution < -0.4 is 5.32 Å². The molecular weight excluding hydrogens is 310 g/mol. The summed E-state index contributed by atoms with van der Waals surface area (Å²) >= 11 is 1.69. The number of aromatic nitrogens is 3. The monoisotopic (exact) mass is 331 g/mol. The molecule has 0 unspecified atom stereocenters. The molecule has 1 fully saturated rings. The Bertz CT molecular complexity index is 687. The molecule has 3 rings (SSSR count). The predicted molar refractivity (Wildman–Crippen MR) is 88.8 cm³/mol. The van der Waals surface area contributed by atoms with Crippen LogP contribution >= 0.6 is 11.3 Å². The highest BCUT2D eigenvalue weighted by molar-refractivity contribution is 7.09. The SMILES string of the molecule is CC(=O)NCc1ccnc([C@H]2CCCN2Cc2csc(C)n2)n1. The Morgan fingerprint density at radius 2 is 2.30 bits per heavy atom. The van der Waals surface area contributed by atoms with Crippen molar-refractivity contribution in [3.63, 3.8) is 0 Å². The first-order valence-corrected chi connectivity index (χ1v) is 8.71. The molecule has 0 aromatic carbocycles. The molecule has 1 atom stereocenters. The zero-order valence-corrected chi connectivity index (χ0v) is 14.3. The van der Waals surface area contributed by atoms with Gasteiger partial charge in [-0.15, -0.1) is 11.3 Å². The number of thiazole rings is 1. The van der Waals surface area contributed by atoms with Gasteiger partial charge in [-0.05, 0) is 32.4 Å². The molecule has 1 aliphatic heterocycles. The highest BCUT2D eigenvalue weighted by atomic mass is 32.1. The standard InChI is InChI=1S/C16H21N5OS/c1-11(22)18-8-13-5-6-17-16(20-13)15-4-3-7-21(15)9-14-10-23-12(2)19-14/h5-6,10,15H,3-4,7-9H2,1-2H3,(H,18,22)/t15-/m1/s1. The number of likely N-dealkylation sites (tertiary alicyclic amines) is 1. The van der Waals surface area contributed by atoms with Crippen LogP contribution in [0.2, 0.25) is 0 Å². The van der Waals surface area contributed by atoms with Gasteiger partial charge in [0, 0.05) is 25.0 Å². The van der Waals surface area contributed by atoms with Gasteiger partial charge in [-0.3, -0.25) is 9.69 Å². The van der Waals surface area contributed by atoms with Gasteiger partial charge >= 0.3 is 0 Å². The molecule has 1 amide bonds. The minimum Gasteiger partial charge on any atom is -0.351 e. The Hall–Kier alpha value is -1.86. The van der Waals surface area contributed by atoms with Crippen molar-refractivity contribution < 1.29 is 4.79 Å². The number of aryl methyl sites for hydroxylation is 1. The fourth-order valence-corrected chi connectivity index (χ4v) is 3.49. The molecule has 1 saturated heterocycles. The average Bonchev–Trinajstić information content (AvgIpc) is 3.15. The number of nitrogens with zero attached hydrogens (tertiary/aromatic N) is 4. The molecule has 122 valence electrons.